The summed E-state index contributed by atoms with van der Waals surface area (Å²) in [6.07, 6.45) is -0.180. The van der Waals surface area contributed by atoms with E-state index in [0.717, 1.165) is 0 Å². The Morgan fingerprint density at radius 3 is 2.67 bits per heavy atom. The van der Waals surface area contributed by atoms with Crippen LogP contribution in [0.3, 0.4) is 0 Å². The fourth-order valence-electron chi connectivity index (χ4n) is 1.30. The molecule has 7 heteroatoms. The maximum Gasteiger partial charge on any atom is 0.303 e. The summed E-state index contributed by atoms with van der Waals surface area (Å²) in [6.45, 7) is 0. The van der Waals surface area contributed by atoms with E-state index in [4.69, 9.17) is 10.4 Å². The topological polar surface area (TPSA) is 107 Å². The Hall–Kier alpha value is -2.07. The van der Waals surface area contributed by atoms with E-state index in [1.807, 2.05) is 6.07 Å². The molecule has 0 bridgehead atoms. The first-order valence-electron chi connectivity index (χ1n) is 5.16. The van der Waals surface area contributed by atoms with Crippen LogP contribution in [0.4, 0.5) is 5.69 Å². The number of hydrogen-bond donors (Lipinski definition) is 2. The van der Waals surface area contributed by atoms with E-state index in [-0.39, 0.29) is 29.8 Å². The van der Waals surface area contributed by atoms with Gasteiger partial charge in [-0.2, -0.15) is 5.26 Å². The second-order valence-electron chi connectivity index (χ2n) is 3.58. The number of nitrogens with zero attached hydrogens (tertiary/aromatic N) is 1. The Morgan fingerprint density at radius 2 is 2.06 bits per heavy atom. The third-order valence-electron chi connectivity index (χ3n) is 2.12. The molecule has 1 aromatic carbocycles. The van der Waals surface area contributed by atoms with Crippen molar-refractivity contribution in [1.29, 1.82) is 5.26 Å². The number of sulfonamides is 1. The molecule has 96 valence electrons. The van der Waals surface area contributed by atoms with Crippen LogP contribution in [0, 0.1) is 11.3 Å². The molecule has 6 nitrogen and oxygen atoms in total. The van der Waals surface area contributed by atoms with Crippen molar-refractivity contribution in [2.75, 3.05) is 10.5 Å². The Bertz CT molecular complexity index is 575. The monoisotopic (exact) mass is 268 g/mol. The summed E-state index contributed by atoms with van der Waals surface area (Å²) in [5, 5.41) is 17.2. The minimum atomic E-state index is -3.63. The number of rotatable bonds is 6. The molecule has 0 heterocycles. The number of aliphatic carboxylic acids is 1. The van der Waals surface area contributed by atoms with Crippen LogP contribution in [0.2, 0.25) is 0 Å². The molecule has 0 amide bonds. The van der Waals surface area contributed by atoms with Crippen LogP contribution in [0.15, 0.2) is 24.3 Å². The van der Waals surface area contributed by atoms with Crippen LogP contribution in [0.1, 0.15) is 18.4 Å². The van der Waals surface area contributed by atoms with Crippen molar-refractivity contribution in [3.8, 4) is 6.07 Å². The summed E-state index contributed by atoms with van der Waals surface area (Å²) in [5.41, 5.74) is 0.426. The minimum absolute atomic E-state index is 0.0272. The van der Waals surface area contributed by atoms with Crippen LogP contribution in [0.25, 0.3) is 0 Å². The van der Waals surface area contributed by atoms with Crippen molar-refractivity contribution in [2.45, 2.75) is 12.8 Å². The van der Waals surface area contributed by atoms with Crippen LogP contribution >= 0.6 is 0 Å². The van der Waals surface area contributed by atoms with Gasteiger partial charge in [0.25, 0.3) is 0 Å². The van der Waals surface area contributed by atoms with Crippen molar-refractivity contribution in [2.24, 2.45) is 0 Å². The van der Waals surface area contributed by atoms with Gasteiger partial charge in [0.2, 0.25) is 10.0 Å². The smallest absolute Gasteiger partial charge is 0.303 e. The molecule has 1 rings (SSSR count). The van der Waals surface area contributed by atoms with Gasteiger partial charge in [-0.15, -0.1) is 0 Å². The molecule has 0 saturated carbocycles. The highest BCUT2D eigenvalue weighted by Gasteiger charge is 2.13. The molecular weight excluding hydrogens is 256 g/mol. The van der Waals surface area contributed by atoms with Gasteiger partial charge in [0.15, 0.2) is 0 Å². The van der Waals surface area contributed by atoms with E-state index >= 15 is 0 Å². The molecule has 0 radical (unpaired) electrons. The van der Waals surface area contributed by atoms with Crippen molar-refractivity contribution in [3.05, 3.63) is 29.8 Å². The third-order valence-corrected chi connectivity index (χ3v) is 3.47. The number of carbonyl (C=O) groups is 1. The second-order valence-corrected chi connectivity index (χ2v) is 5.42. The Labute approximate surface area is 105 Å². The lowest BCUT2D eigenvalue weighted by atomic mass is 10.2. The molecule has 0 saturated heterocycles. The number of carboxylic acid groups (broad SMARTS) is 1. The largest absolute Gasteiger partial charge is 0.481 e. The van der Waals surface area contributed by atoms with Gasteiger partial charge in [0.1, 0.15) is 6.07 Å². The predicted molar refractivity (Wildman–Crippen MR) is 65.4 cm³/mol. The maximum absolute atomic E-state index is 11.6. The lowest BCUT2D eigenvalue weighted by Gasteiger charge is -2.08. The quantitative estimate of drug-likeness (QED) is 0.805. The van der Waals surface area contributed by atoms with Crippen LogP contribution in [-0.2, 0) is 14.8 Å². The molecule has 0 fully saturated rings. The van der Waals surface area contributed by atoms with Gasteiger partial charge in [-0.05, 0) is 18.6 Å². The number of nitrogens with one attached hydrogen (secondary N) is 1. The SMILES string of the molecule is N#Cc1ccccc1NS(=O)(=O)CCCC(=O)O. The van der Waals surface area contributed by atoms with Crippen molar-refractivity contribution < 1.29 is 18.3 Å². The number of para-hydroxylation sites is 1. The Balaban J connectivity index is 2.71. The van der Waals surface area contributed by atoms with E-state index in [1.165, 1.54) is 12.1 Å². The summed E-state index contributed by atoms with van der Waals surface area (Å²) in [4.78, 5) is 10.3. The van der Waals surface area contributed by atoms with Crippen LogP contribution in [0.5, 0.6) is 0 Å². The Morgan fingerprint density at radius 1 is 1.39 bits per heavy atom. The van der Waals surface area contributed by atoms with Gasteiger partial charge in [-0.3, -0.25) is 9.52 Å². The molecular formula is C11H12N2O4S. The number of anilines is 1. The lowest BCUT2D eigenvalue weighted by molar-refractivity contribution is -0.137. The van der Waals surface area contributed by atoms with E-state index in [2.05, 4.69) is 4.72 Å². The lowest BCUT2D eigenvalue weighted by Crippen LogP contribution is -2.18. The third kappa shape index (κ3) is 4.43. The highest BCUT2D eigenvalue weighted by molar-refractivity contribution is 7.92. The molecule has 18 heavy (non-hydrogen) atoms. The molecule has 0 aliphatic heterocycles. The number of nitriles is 1. The molecule has 0 aliphatic carbocycles. The van der Waals surface area contributed by atoms with Gasteiger partial charge in [-0.25, -0.2) is 8.42 Å². The number of benzene rings is 1. The number of hydrogen-bond acceptors (Lipinski definition) is 4. The maximum atomic E-state index is 11.6. The molecule has 2 N–H and O–H groups in total. The van der Waals surface area contributed by atoms with Crippen LogP contribution < -0.4 is 4.72 Å². The van der Waals surface area contributed by atoms with Gasteiger partial charge < -0.3 is 5.11 Å². The fourth-order valence-corrected chi connectivity index (χ4v) is 2.44. The summed E-state index contributed by atoms with van der Waals surface area (Å²) < 4.78 is 25.5. The van der Waals surface area contributed by atoms with E-state index in [1.54, 1.807) is 12.1 Å². The highest BCUT2D eigenvalue weighted by Crippen LogP contribution is 2.15. The van der Waals surface area contributed by atoms with Gasteiger partial charge in [-0.1, -0.05) is 12.1 Å². The van der Waals surface area contributed by atoms with Gasteiger partial charge >= 0.3 is 5.97 Å². The van der Waals surface area contributed by atoms with E-state index in [0.29, 0.717) is 0 Å². The predicted octanol–water partition coefficient (Wildman–Crippen LogP) is 1.16. The van der Waals surface area contributed by atoms with E-state index in [9.17, 15) is 13.2 Å². The normalized spacial score (nSPS) is 10.6. The molecule has 0 unspecified atom stereocenters. The molecule has 0 atom stereocenters. The summed E-state index contributed by atoms with van der Waals surface area (Å²) in [7, 11) is -3.63. The zero-order chi connectivity index (χ0) is 13.6. The fraction of sp³-hybridized carbons (Fsp3) is 0.273. The zero-order valence-corrected chi connectivity index (χ0v) is 10.3. The molecule has 0 aromatic heterocycles. The molecule has 1 aromatic rings. The standard InChI is InChI=1S/C11H12N2O4S/c12-8-9-4-1-2-5-10(9)13-18(16,17)7-3-6-11(14)15/h1-2,4-5,13H,3,6-7H2,(H,14,15). The van der Waals surface area contributed by atoms with Crippen molar-refractivity contribution in [3.63, 3.8) is 0 Å². The van der Waals surface area contributed by atoms with Crippen molar-refractivity contribution in [1.82, 2.24) is 0 Å². The average Bonchev–Trinajstić information content (AvgIpc) is 2.28. The van der Waals surface area contributed by atoms with Crippen LogP contribution in [-0.4, -0.2) is 25.2 Å². The molecule has 0 aliphatic rings. The van der Waals surface area contributed by atoms with Crippen molar-refractivity contribution >= 4 is 21.7 Å². The van der Waals surface area contributed by atoms with E-state index < -0.39 is 16.0 Å². The van der Waals surface area contributed by atoms with Gasteiger partial charge in [0, 0.05) is 6.42 Å². The first kappa shape index (κ1) is 14.0. The average molecular weight is 268 g/mol. The molecule has 0 spiro atoms. The summed E-state index contributed by atoms with van der Waals surface area (Å²) in [6, 6.07) is 8.08. The minimum Gasteiger partial charge on any atom is -0.481 e. The summed E-state index contributed by atoms with van der Waals surface area (Å²) >= 11 is 0. The second kappa shape index (κ2) is 6.02. The first-order chi connectivity index (χ1) is 8.44. The Kier molecular flexibility index (Phi) is 4.68. The highest BCUT2D eigenvalue weighted by atomic mass is 32.2. The zero-order valence-electron chi connectivity index (χ0n) is 9.46. The van der Waals surface area contributed by atoms with Gasteiger partial charge in [0.05, 0.1) is 17.0 Å². The number of carboxylic acids is 1. The first-order valence-corrected chi connectivity index (χ1v) is 6.81. The summed E-state index contributed by atoms with van der Waals surface area (Å²) in [5.74, 6) is -1.33.